The lowest BCUT2D eigenvalue weighted by molar-refractivity contribution is -0.250. The summed E-state index contributed by atoms with van der Waals surface area (Å²) in [5, 5.41) is 18.7. The molecule has 2 aliphatic heterocycles. The van der Waals surface area contributed by atoms with Crippen molar-refractivity contribution in [3.8, 4) is 0 Å². The quantitative estimate of drug-likeness (QED) is 0.261. The first-order valence-corrected chi connectivity index (χ1v) is 20.9. The third kappa shape index (κ3) is 12.3. The average molecular weight is 872 g/mol. The summed E-state index contributed by atoms with van der Waals surface area (Å²) >= 11 is 6.27. The number of aliphatic hydroxyl groups is 1. The molecule has 0 bridgehead atoms. The Labute approximate surface area is 355 Å². The zero-order chi connectivity index (χ0) is 45.3. The van der Waals surface area contributed by atoms with Crippen molar-refractivity contribution in [3.05, 3.63) is 34.9 Å². The topological polar surface area (TPSA) is 189 Å². The molecule has 0 aromatic heterocycles. The van der Waals surface area contributed by atoms with E-state index >= 15 is 0 Å². The van der Waals surface area contributed by atoms with Gasteiger partial charge in [0.15, 0.2) is 0 Å². The van der Waals surface area contributed by atoms with Gasteiger partial charge in [-0.15, -0.1) is 0 Å². The summed E-state index contributed by atoms with van der Waals surface area (Å²) in [6, 6.07) is -0.215. The maximum Gasteiger partial charge on any atom is 0.426 e. The molecule has 2 saturated heterocycles. The van der Waals surface area contributed by atoms with Crippen LogP contribution in [0, 0.1) is 5.92 Å². The minimum atomic E-state index is -5.30. The first kappa shape index (κ1) is 49.9. The van der Waals surface area contributed by atoms with E-state index < -0.39 is 83.5 Å². The van der Waals surface area contributed by atoms with E-state index in [9.17, 15) is 51.8 Å². The zero-order valence-electron chi connectivity index (χ0n) is 35.7. The number of hydrogen-bond donors (Lipinski definition) is 4. The maximum atomic E-state index is 14.6. The lowest BCUT2D eigenvalue weighted by Crippen LogP contribution is -2.61. The van der Waals surface area contributed by atoms with Crippen LogP contribution < -0.4 is 16.0 Å². The van der Waals surface area contributed by atoms with Crippen molar-refractivity contribution in [3.63, 3.8) is 0 Å². The second-order valence-electron chi connectivity index (χ2n) is 16.3. The number of likely N-dealkylation sites (tertiary alicyclic amines) is 1. The van der Waals surface area contributed by atoms with Crippen molar-refractivity contribution in [2.45, 2.75) is 141 Å². The molecular weight excluding hydrogens is 811 g/mol. The number of alkyl halides is 3. The van der Waals surface area contributed by atoms with Gasteiger partial charge in [-0.2, -0.15) is 13.2 Å². The number of rotatable bonds is 11. The molecule has 2 fully saturated rings. The first-order valence-electron chi connectivity index (χ1n) is 20.5. The number of likely N-dealkylation sites (N-methyl/N-ethyl adjacent to an activating group) is 3. The third-order valence-corrected chi connectivity index (χ3v) is 11.4. The van der Waals surface area contributed by atoms with Crippen LogP contribution in [0.2, 0.25) is 5.02 Å². The van der Waals surface area contributed by atoms with Gasteiger partial charge in [0.25, 0.3) is 5.91 Å². The summed E-state index contributed by atoms with van der Waals surface area (Å²) in [7, 11) is 2.94. The van der Waals surface area contributed by atoms with E-state index in [2.05, 4.69) is 16.0 Å². The Kier molecular flexibility index (Phi) is 17.8. The minimum Gasteiger partial charge on any atom is -0.373 e. The number of carbonyl (C=O) groups is 7. The molecule has 7 amide bonds. The van der Waals surface area contributed by atoms with E-state index in [1.807, 2.05) is 13.8 Å². The van der Waals surface area contributed by atoms with Crippen LogP contribution in [0.25, 0.3) is 0 Å². The van der Waals surface area contributed by atoms with E-state index in [0.717, 1.165) is 4.90 Å². The Balaban J connectivity index is 1.98. The van der Waals surface area contributed by atoms with Gasteiger partial charge in [0.05, 0.1) is 0 Å². The number of nitrogens with zero attached hydrogens (tertiary/aromatic N) is 4. The van der Waals surface area contributed by atoms with Crippen molar-refractivity contribution in [1.29, 1.82) is 0 Å². The number of carbonyl (C=O) groups excluding carboxylic acids is 7. The van der Waals surface area contributed by atoms with E-state index in [0.29, 0.717) is 35.3 Å². The lowest BCUT2D eigenvalue weighted by Gasteiger charge is -2.36. The molecule has 336 valence electrons. The number of amides is 7. The van der Waals surface area contributed by atoms with Crippen molar-refractivity contribution in [2.24, 2.45) is 5.92 Å². The van der Waals surface area contributed by atoms with Crippen LogP contribution in [0.5, 0.6) is 0 Å². The second-order valence-corrected chi connectivity index (χ2v) is 16.7. The molecule has 2 aliphatic rings. The average Bonchev–Trinajstić information content (AvgIpc) is 3.67. The van der Waals surface area contributed by atoms with Gasteiger partial charge in [0, 0.05) is 45.2 Å². The molecule has 15 nitrogen and oxygen atoms in total. The Hall–Kier alpha value is -4.45. The van der Waals surface area contributed by atoms with Crippen LogP contribution in [0.1, 0.15) is 92.1 Å². The van der Waals surface area contributed by atoms with Crippen LogP contribution in [0.3, 0.4) is 0 Å². The Morgan fingerprint density at radius 2 is 1.67 bits per heavy atom. The smallest absolute Gasteiger partial charge is 0.373 e. The fraction of sp³-hybridized carbons (Fsp3) is 0.683. The molecule has 4 N–H and O–H groups in total. The molecule has 1 aromatic carbocycles. The van der Waals surface area contributed by atoms with E-state index in [1.165, 1.54) is 16.8 Å². The molecule has 60 heavy (non-hydrogen) atoms. The molecule has 0 aliphatic carbocycles. The molecule has 0 radical (unpaired) electrons. The van der Waals surface area contributed by atoms with Gasteiger partial charge in [-0.05, 0) is 89.3 Å². The number of benzene rings is 1. The third-order valence-electron chi connectivity index (χ3n) is 11.2. The largest absolute Gasteiger partial charge is 0.426 e. The van der Waals surface area contributed by atoms with Gasteiger partial charge < -0.3 is 40.7 Å². The van der Waals surface area contributed by atoms with Crippen LogP contribution in [-0.4, -0.2) is 148 Å². The van der Waals surface area contributed by atoms with Gasteiger partial charge in [-0.1, -0.05) is 44.5 Å². The van der Waals surface area contributed by atoms with E-state index in [1.54, 1.807) is 52.1 Å². The standard InChI is InChI=1S/C41H61ClF3N7O8/c1-9-28(47-34(54)31-18-14-20-52(31)39(59)40(6,60)41(43,44)45)37(57)50(8)30-17-11-12-19-49(7)36(56)25(5)46-35(55)32(23-26-15-13-16-27(42)22-26)51(10-2)38(58)29(21-24(3)4)48-33(30)53/h13,15-16,22,24-25,28-32,60H,9-12,14,17-21,23H2,1-8H3,(H,46,55)(H,47,54)(H,48,53)/t25-,28+,29+,30+,31+,32+,40-/m1/s1. The Morgan fingerprint density at radius 3 is 2.25 bits per heavy atom. The highest BCUT2D eigenvalue weighted by Crippen LogP contribution is 2.34. The van der Waals surface area contributed by atoms with Crippen molar-refractivity contribution < 1.29 is 51.8 Å². The van der Waals surface area contributed by atoms with Gasteiger partial charge >= 0.3 is 6.18 Å². The maximum absolute atomic E-state index is 14.6. The SMILES string of the molecule is CC[C@H](NC(=O)[C@@H]1CCCN1C(=O)[C@@](C)(O)C(F)(F)F)C(=O)N(C)[C@H]1CCCCN(C)C(=O)[C@@H](C)NC(=O)[C@H](Cc2cccc(Cl)c2)N(CC)C(=O)[C@H](CC(C)C)NC1=O. The predicted octanol–water partition coefficient (Wildman–Crippen LogP) is 2.80. The van der Waals surface area contributed by atoms with Crippen LogP contribution in [-0.2, 0) is 40.0 Å². The Morgan fingerprint density at radius 1 is 1.00 bits per heavy atom. The van der Waals surface area contributed by atoms with Gasteiger partial charge in [0.1, 0.15) is 36.3 Å². The fourth-order valence-electron chi connectivity index (χ4n) is 7.61. The van der Waals surface area contributed by atoms with Crippen LogP contribution in [0.4, 0.5) is 13.2 Å². The molecule has 0 spiro atoms. The molecule has 7 atom stereocenters. The minimum absolute atomic E-state index is 0.00523. The molecule has 1 aromatic rings. The van der Waals surface area contributed by atoms with E-state index in [-0.39, 0.29) is 70.0 Å². The zero-order valence-corrected chi connectivity index (χ0v) is 36.5. The Bertz CT molecular complexity index is 1730. The molecule has 2 heterocycles. The molecule has 0 saturated carbocycles. The fourth-order valence-corrected chi connectivity index (χ4v) is 7.82. The van der Waals surface area contributed by atoms with E-state index in [4.69, 9.17) is 11.6 Å². The highest BCUT2D eigenvalue weighted by atomic mass is 35.5. The first-order chi connectivity index (χ1) is 28.0. The highest BCUT2D eigenvalue weighted by Gasteiger charge is 2.58. The van der Waals surface area contributed by atoms with Gasteiger partial charge in [-0.3, -0.25) is 33.6 Å². The number of nitrogens with one attached hydrogen (secondary N) is 3. The predicted molar refractivity (Wildman–Crippen MR) is 217 cm³/mol. The summed E-state index contributed by atoms with van der Waals surface area (Å²) in [4.78, 5) is 101. The lowest BCUT2D eigenvalue weighted by atomic mass is 9.98. The summed E-state index contributed by atoms with van der Waals surface area (Å²) in [5.41, 5.74) is -3.08. The number of halogens is 4. The molecule has 0 unspecified atom stereocenters. The van der Waals surface area contributed by atoms with Gasteiger partial charge in [0.2, 0.25) is 41.0 Å². The van der Waals surface area contributed by atoms with Crippen molar-refractivity contribution >= 4 is 53.0 Å². The normalized spacial score (nSPS) is 24.4. The van der Waals surface area contributed by atoms with Crippen LogP contribution >= 0.6 is 11.6 Å². The second kappa shape index (κ2) is 21.4. The highest BCUT2D eigenvalue weighted by molar-refractivity contribution is 6.30. The number of hydrogen-bond acceptors (Lipinski definition) is 8. The van der Waals surface area contributed by atoms with Crippen LogP contribution in [0.15, 0.2) is 24.3 Å². The summed E-state index contributed by atoms with van der Waals surface area (Å²) in [6.07, 6.45) is -4.09. The van der Waals surface area contributed by atoms with Crippen molar-refractivity contribution in [1.82, 2.24) is 35.6 Å². The molecule has 3 rings (SSSR count). The molecular formula is C41H61ClF3N7O8. The summed E-state index contributed by atoms with van der Waals surface area (Å²) < 4.78 is 40.6. The van der Waals surface area contributed by atoms with Gasteiger partial charge in [-0.25, -0.2) is 0 Å². The monoisotopic (exact) mass is 871 g/mol. The van der Waals surface area contributed by atoms with Crippen molar-refractivity contribution in [2.75, 3.05) is 33.7 Å². The molecule has 19 heteroatoms. The summed E-state index contributed by atoms with van der Waals surface area (Å²) in [5.74, 6) is -5.59. The summed E-state index contributed by atoms with van der Waals surface area (Å²) in [6.45, 7) is 8.97.